The number of nitriles is 1. The average molecular weight is 485 g/mol. The zero-order valence-electron chi connectivity index (χ0n) is 18.6. The van der Waals surface area contributed by atoms with Crippen LogP contribution in [0, 0.1) is 44.9 Å². The lowest BCUT2D eigenvalue weighted by atomic mass is 9.93. The summed E-state index contributed by atoms with van der Waals surface area (Å²) in [5, 5.41) is 9.09. The van der Waals surface area contributed by atoms with Crippen molar-refractivity contribution in [2.24, 2.45) is 5.92 Å². The van der Waals surface area contributed by atoms with Crippen LogP contribution in [0.15, 0.2) is 16.6 Å². The maximum Gasteiger partial charge on any atom is 0.126 e. The smallest absolute Gasteiger partial charge is 0.126 e. The summed E-state index contributed by atoms with van der Waals surface area (Å²) < 4.78 is 2.34. The van der Waals surface area contributed by atoms with Crippen molar-refractivity contribution < 1.29 is 0 Å². The monoisotopic (exact) mass is 483 g/mol. The molecule has 0 aliphatic heterocycles. The largest absolute Gasteiger partial charge is 0.237 e. The van der Waals surface area contributed by atoms with E-state index in [0.717, 1.165) is 53.6 Å². The minimum Gasteiger partial charge on any atom is -0.237 e. The van der Waals surface area contributed by atoms with Gasteiger partial charge in [-0.15, -0.1) is 11.3 Å². The molecule has 5 heteroatoms. The maximum absolute atomic E-state index is 9.09. The van der Waals surface area contributed by atoms with Gasteiger partial charge < -0.3 is 0 Å². The summed E-state index contributed by atoms with van der Waals surface area (Å²) >= 11 is 5.44. The van der Waals surface area contributed by atoms with E-state index < -0.39 is 0 Å². The average Bonchev–Trinajstić information content (AvgIpc) is 2.97. The molecule has 3 nitrogen and oxygen atoms in total. The first kappa shape index (κ1) is 22.9. The molecule has 1 aromatic carbocycles. The zero-order valence-corrected chi connectivity index (χ0v) is 21.0. The molecule has 158 valence electrons. The predicted molar refractivity (Wildman–Crippen MR) is 131 cm³/mol. The van der Waals surface area contributed by atoms with E-state index in [-0.39, 0.29) is 0 Å². The van der Waals surface area contributed by atoms with Crippen LogP contribution in [-0.2, 0) is 6.42 Å². The molecule has 0 N–H and O–H groups in total. The first-order valence-electron chi connectivity index (χ1n) is 10.8. The van der Waals surface area contributed by atoms with Crippen LogP contribution < -0.4 is 0 Å². The highest BCUT2D eigenvalue weighted by Gasteiger charge is 2.20. The molecule has 2 aromatic heterocycles. The number of hydrogen-bond acceptors (Lipinski definition) is 4. The minimum atomic E-state index is 0.507. The van der Waals surface area contributed by atoms with Crippen LogP contribution in [0.3, 0.4) is 0 Å². The fourth-order valence-corrected chi connectivity index (χ4v) is 6.28. The second kappa shape index (κ2) is 10.0. The molecule has 2 heterocycles. The highest BCUT2D eigenvalue weighted by Crippen LogP contribution is 2.42. The minimum absolute atomic E-state index is 0.507. The van der Waals surface area contributed by atoms with Gasteiger partial charge in [-0.25, -0.2) is 9.97 Å². The van der Waals surface area contributed by atoms with E-state index in [4.69, 9.17) is 15.2 Å². The Hall–Kier alpha value is -1.77. The highest BCUT2D eigenvalue weighted by atomic mass is 79.9. The van der Waals surface area contributed by atoms with E-state index in [1.807, 2.05) is 18.3 Å². The summed E-state index contributed by atoms with van der Waals surface area (Å²) in [4.78, 5) is 11.0. The molecule has 0 radical (unpaired) electrons. The van der Waals surface area contributed by atoms with Crippen LogP contribution in [0.25, 0.3) is 21.3 Å². The number of hydrogen-bond donors (Lipinski definition) is 0. The topological polar surface area (TPSA) is 49.6 Å². The summed E-state index contributed by atoms with van der Waals surface area (Å²) in [5.41, 5.74) is 7.34. The Balaban J connectivity index is 1.98. The normalized spacial score (nSPS) is 12.3. The predicted octanol–water partition coefficient (Wildman–Crippen LogP) is 8.01. The number of aryl methyl sites for hydroxylation is 5. The number of aromatic nitrogens is 2. The SMILES string of the molecule is CCCC(CC#N)CCCc1nc(C)nc2c(-c3c(C)cc(Br)cc3C)c(C)sc12. The van der Waals surface area contributed by atoms with Crippen molar-refractivity contribution in [2.75, 3.05) is 0 Å². The van der Waals surface area contributed by atoms with Gasteiger partial charge in [0.1, 0.15) is 5.82 Å². The Morgan fingerprint density at radius 3 is 2.40 bits per heavy atom. The molecule has 0 saturated heterocycles. The molecule has 0 aliphatic rings. The fraction of sp³-hybridized carbons (Fsp3) is 0.480. The number of thiophene rings is 1. The number of nitrogens with zero attached hydrogens (tertiary/aromatic N) is 3. The number of benzene rings is 1. The third-order valence-corrected chi connectivity index (χ3v) is 7.34. The zero-order chi connectivity index (χ0) is 21.8. The van der Waals surface area contributed by atoms with Crippen LogP contribution in [-0.4, -0.2) is 9.97 Å². The molecule has 0 bridgehead atoms. The molecular weight excluding hydrogens is 454 g/mol. The molecule has 0 fully saturated rings. The van der Waals surface area contributed by atoms with Crippen LogP contribution in [0.4, 0.5) is 0 Å². The van der Waals surface area contributed by atoms with Crippen molar-refractivity contribution in [2.45, 2.75) is 73.1 Å². The lowest BCUT2D eigenvalue weighted by Crippen LogP contribution is -2.02. The van der Waals surface area contributed by atoms with E-state index in [9.17, 15) is 0 Å². The van der Waals surface area contributed by atoms with Gasteiger partial charge in [-0.2, -0.15) is 5.26 Å². The Kier molecular flexibility index (Phi) is 7.65. The molecule has 0 spiro atoms. The van der Waals surface area contributed by atoms with Gasteiger partial charge >= 0.3 is 0 Å². The van der Waals surface area contributed by atoms with Crippen molar-refractivity contribution in [1.82, 2.24) is 9.97 Å². The Morgan fingerprint density at radius 1 is 1.07 bits per heavy atom. The third-order valence-electron chi connectivity index (χ3n) is 5.74. The van der Waals surface area contributed by atoms with Gasteiger partial charge in [-0.1, -0.05) is 29.3 Å². The van der Waals surface area contributed by atoms with E-state index in [0.29, 0.717) is 12.3 Å². The molecule has 0 saturated carbocycles. The van der Waals surface area contributed by atoms with Crippen LogP contribution in [0.1, 0.15) is 66.6 Å². The standard InChI is InChI=1S/C25H30BrN3S/c1-6-8-19(11-12-27)9-7-10-21-25-24(29-18(5)28-21)23(17(4)30-25)22-15(2)13-20(26)14-16(22)3/h13-14,19H,6-11H2,1-5H3. The summed E-state index contributed by atoms with van der Waals surface area (Å²) in [5.74, 6) is 1.35. The van der Waals surface area contributed by atoms with Crippen molar-refractivity contribution in [3.8, 4) is 17.2 Å². The van der Waals surface area contributed by atoms with Crippen LogP contribution in [0.5, 0.6) is 0 Å². The second-order valence-corrected chi connectivity index (χ2v) is 10.4. The van der Waals surface area contributed by atoms with E-state index in [1.54, 1.807) is 0 Å². The van der Waals surface area contributed by atoms with Gasteiger partial charge in [0.2, 0.25) is 0 Å². The second-order valence-electron chi connectivity index (χ2n) is 8.25. The summed E-state index contributed by atoms with van der Waals surface area (Å²) in [6, 6.07) is 6.72. The Labute approximate surface area is 192 Å². The Bertz CT molecular complexity index is 1070. The quantitative estimate of drug-likeness (QED) is 0.325. The lowest BCUT2D eigenvalue weighted by molar-refractivity contribution is 0.439. The molecule has 0 aliphatic carbocycles. The molecule has 0 amide bonds. The van der Waals surface area contributed by atoms with Gasteiger partial charge in [-0.3, -0.25) is 0 Å². The number of halogens is 1. The van der Waals surface area contributed by atoms with Gasteiger partial charge in [0.05, 0.1) is 22.0 Å². The van der Waals surface area contributed by atoms with E-state index in [1.165, 1.54) is 31.8 Å². The maximum atomic E-state index is 9.09. The Morgan fingerprint density at radius 2 is 1.77 bits per heavy atom. The molecule has 30 heavy (non-hydrogen) atoms. The number of fused-ring (bicyclic) bond motifs is 1. The van der Waals surface area contributed by atoms with Gasteiger partial charge in [-0.05, 0) is 88.1 Å². The number of rotatable bonds is 8. The van der Waals surface area contributed by atoms with Crippen LogP contribution in [0.2, 0.25) is 0 Å². The molecule has 3 aromatic rings. The van der Waals surface area contributed by atoms with E-state index in [2.05, 4.69) is 61.8 Å². The molecule has 3 rings (SSSR count). The molecular formula is C25H30BrN3S. The molecule has 1 atom stereocenters. The van der Waals surface area contributed by atoms with Gasteiger partial charge in [0.15, 0.2) is 0 Å². The summed E-state index contributed by atoms with van der Waals surface area (Å²) in [6.45, 7) is 10.7. The lowest BCUT2D eigenvalue weighted by Gasteiger charge is -2.13. The van der Waals surface area contributed by atoms with E-state index >= 15 is 0 Å². The summed E-state index contributed by atoms with van der Waals surface area (Å²) in [6.07, 6.45) is 6.05. The fourth-order valence-electron chi connectivity index (χ4n) is 4.48. The van der Waals surface area contributed by atoms with Gasteiger partial charge in [0, 0.05) is 21.3 Å². The summed E-state index contributed by atoms with van der Waals surface area (Å²) in [7, 11) is 0. The highest BCUT2D eigenvalue weighted by molar-refractivity contribution is 9.10. The third kappa shape index (κ3) is 4.92. The first-order valence-corrected chi connectivity index (χ1v) is 12.4. The van der Waals surface area contributed by atoms with Crippen molar-refractivity contribution >= 4 is 37.5 Å². The van der Waals surface area contributed by atoms with Crippen molar-refractivity contribution in [1.29, 1.82) is 5.26 Å². The van der Waals surface area contributed by atoms with Gasteiger partial charge in [0.25, 0.3) is 0 Å². The molecule has 1 unspecified atom stereocenters. The van der Waals surface area contributed by atoms with Crippen molar-refractivity contribution in [3.05, 3.63) is 44.1 Å². The first-order chi connectivity index (χ1) is 14.3. The van der Waals surface area contributed by atoms with Crippen molar-refractivity contribution in [3.63, 3.8) is 0 Å². The van der Waals surface area contributed by atoms with Crippen LogP contribution >= 0.6 is 27.3 Å².